The number of allylic oxidation sites excluding steroid dienone is 1. The molecular weight excluding hydrogens is 398 g/mol. The SMILES string of the molecule is Br/C(=C/c1ccccc1)CC=Nc1ccccc1-c1nc2ccccc2[nH]1. The van der Waals surface area contributed by atoms with Gasteiger partial charge in [0.25, 0.3) is 0 Å². The summed E-state index contributed by atoms with van der Waals surface area (Å²) >= 11 is 3.63. The van der Waals surface area contributed by atoms with Crippen molar-refractivity contribution in [2.45, 2.75) is 6.42 Å². The van der Waals surface area contributed by atoms with Gasteiger partial charge in [-0.25, -0.2) is 4.98 Å². The molecule has 3 nitrogen and oxygen atoms in total. The van der Waals surface area contributed by atoms with E-state index in [-0.39, 0.29) is 0 Å². The molecule has 0 spiro atoms. The highest BCUT2D eigenvalue weighted by molar-refractivity contribution is 9.11. The van der Waals surface area contributed by atoms with Crippen LogP contribution in [0.15, 0.2) is 88.3 Å². The Bertz CT molecular complexity index is 1080. The lowest BCUT2D eigenvalue weighted by molar-refractivity contribution is 1.32. The van der Waals surface area contributed by atoms with Gasteiger partial charge in [-0.2, -0.15) is 0 Å². The van der Waals surface area contributed by atoms with Gasteiger partial charge in [0.15, 0.2) is 0 Å². The number of aliphatic imine (C=N–C) groups is 1. The predicted molar refractivity (Wildman–Crippen MR) is 118 cm³/mol. The van der Waals surface area contributed by atoms with Crippen molar-refractivity contribution in [3.63, 3.8) is 0 Å². The Balaban J connectivity index is 1.56. The number of hydrogen-bond donors (Lipinski definition) is 1. The van der Waals surface area contributed by atoms with Crippen LogP contribution in [-0.2, 0) is 0 Å². The lowest BCUT2D eigenvalue weighted by Gasteiger charge is -2.02. The van der Waals surface area contributed by atoms with Crippen LogP contribution < -0.4 is 0 Å². The van der Waals surface area contributed by atoms with E-state index in [0.717, 1.165) is 39.0 Å². The van der Waals surface area contributed by atoms with E-state index >= 15 is 0 Å². The normalized spacial score (nSPS) is 12.1. The second-order valence-electron chi connectivity index (χ2n) is 6.14. The zero-order valence-electron chi connectivity index (χ0n) is 14.6. The molecule has 0 amide bonds. The van der Waals surface area contributed by atoms with Gasteiger partial charge in [-0.05, 0) is 35.9 Å². The van der Waals surface area contributed by atoms with E-state index in [4.69, 9.17) is 4.98 Å². The van der Waals surface area contributed by atoms with E-state index in [1.165, 1.54) is 5.56 Å². The maximum absolute atomic E-state index is 4.69. The second-order valence-corrected chi connectivity index (χ2v) is 7.16. The molecule has 4 heteroatoms. The molecule has 0 saturated heterocycles. The standard InChI is InChI=1S/C23H18BrN3/c24-18(16-17-8-2-1-3-9-17)14-15-25-20-11-5-4-10-19(20)23-26-21-12-6-7-13-22(21)27-23/h1-13,15-16H,14H2,(H,26,27)/b18-16+,25-15?. The quantitative estimate of drug-likeness (QED) is 0.359. The van der Waals surface area contributed by atoms with E-state index in [1.54, 1.807) is 0 Å². The number of imidazole rings is 1. The third-order valence-electron chi connectivity index (χ3n) is 4.19. The Hall–Kier alpha value is -2.98. The zero-order chi connectivity index (χ0) is 18.5. The van der Waals surface area contributed by atoms with Crippen molar-refractivity contribution in [1.82, 2.24) is 9.97 Å². The second kappa shape index (κ2) is 8.14. The molecule has 0 radical (unpaired) electrons. The van der Waals surface area contributed by atoms with Gasteiger partial charge >= 0.3 is 0 Å². The summed E-state index contributed by atoms with van der Waals surface area (Å²) in [6, 6.07) is 26.3. The number of hydrogen-bond acceptors (Lipinski definition) is 2. The molecule has 0 atom stereocenters. The van der Waals surface area contributed by atoms with Crippen LogP contribution in [0.25, 0.3) is 28.5 Å². The van der Waals surface area contributed by atoms with E-state index < -0.39 is 0 Å². The first kappa shape index (κ1) is 17.4. The van der Waals surface area contributed by atoms with Crippen LogP contribution in [0, 0.1) is 0 Å². The van der Waals surface area contributed by atoms with Crippen LogP contribution in [0.4, 0.5) is 5.69 Å². The van der Waals surface area contributed by atoms with Crippen LogP contribution >= 0.6 is 15.9 Å². The molecule has 132 valence electrons. The number of para-hydroxylation sites is 3. The fraction of sp³-hybridized carbons (Fsp3) is 0.0435. The summed E-state index contributed by atoms with van der Waals surface area (Å²) in [5, 5.41) is 0. The van der Waals surface area contributed by atoms with Crippen molar-refractivity contribution in [3.8, 4) is 11.4 Å². The molecule has 1 N–H and O–H groups in total. The van der Waals surface area contributed by atoms with Crippen molar-refractivity contribution < 1.29 is 0 Å². The van der Waals surface area contributed by atoms with Crippen molar-refractivity contribution in [2.24, 2.45) is 4.99 Å². The minimum absolute atomic E-state index is 0.726. The Labute approximate surface area is 166 Å². The lowest BCUT2D eigenvalue weighted by atomic mass is 10.1. The van der Waals surface area contributed by atoms with Crippen molar-refractivity contribution >= 4 is 44.9 Å². The Morgan fingerprint density at radius 1 is 0.926 bits per heavy atom. The van der Waals surface area contributed by atoms with E-state index in [9.17, 15) is 0 Å². The molecular formula is C23H18BrN3. The number of nitrogens with one attached hydrogen (secondary N) is 1. The third kappa shape index (κ3) is 4.23. The molecule has 0 aliphatic carbocycles. The van der Waals surface area contributed by atoms with E-state index in [1.807, 2.05) is 72.9 Å². The third-order valence-corrected chi connectivity index (χ3v) is 4.74. The minimum atomic E-state index is 0.726. The molecule has 27 heavy (non-hydrogen) atoms. The van der Waals surface area contributed by atoms with Crippen LogP contribution in [-0.4, -0.2) is 16.2 Å². The van der Waals surface area contributed by atoms with Gasteiger partial charge in [-0.3, -0.25) is 4.99 Å². The highest BCUT2D eigenvalue weighted by Gasteiger charge is 2.08. The monoisotopic (exact) mass is 415 g/mol. The summed E-state index contributed by atoms with van der Waals surface area (Å²) in [5.41, 5.74) is 5.05. The van der Waals surface area contributed by atoms with Gasteiger partial charge in [0.2, 0.25) is 0 Å². The summed E-state index contributed by atoms with van der Waals surface area (Å²) in [6.07, 6.45) is 4.76. The topological polar surface area (TPSA) is 41.0 Å². The summed E-state index contributed by atoms with van der Waals surface area (Å²) in [6.45, 7) is 0. The van der Waals surface area contributed by atoms with E-state index in [2.05, 4.69) is 44.1 Å². The lowest BCUT2D eigenvalue weighted by Crippen LogP contribution is -1.83. The average molecular weight is 416 g/mol. The van der Waals surface area contributed by atoms with Crippen molar-refractivity contribution in [2.75, 3.05) is 0 Å². The molecule has 4 aromatic rings. The zero-order valence-corrected chi connectivity index (χ0v) is 16.2. The molecule has 0 bridgehead atoms. The minimum Gasteiger partial charge on any atom is -0.338 e. The number of nitrogens with zero attached hydrogens (tertiary/aromatic N) is 2. The highest BCUT2D eigenvalue weighted by atomic mass is 79.9. The van der Waals surface area contributed by atoms with Gasteiger partial charge in [0.05, 0.1) is 16.7 Å². The summed E-state index contributed by atoms with van der Waals surface area (Å²) < 4.78 is 1.08. The number of H-pyrrole nitrogens is 1. The molecule has 0 saturated carbocycles. The van der Waals surface area contributed by atoms with Crippen LogP contribution in [0.5, 0.6) is 0 Å². The van der Waals surface area contributed by atoms with Crippen molar-refractivity contribution in [3.05, 3.63) is 88.9 Å². The van der Waals surface area contributed by atoms with Crippen molar-refractivity contribution in [1.29, 1.82) is 0 Å². The summed E-state index contributed by atoms with van der Waals surface area (Å²) in [5.74, 6) is 0.836. The molecule has 4 rings (SSSR count). The number of fused-ring (bicyclic) bond motifs is 1. The fourth-order valence-electron chi connectivity index (χ4n) is 2.89. The Morgan fingerprint density at radius 2 is 1.67 bits per heavy atom. The molecule has 0 fully saturated rings. The molecule has 0 aliphatic rings. The number of aromatic amines is 1. The predicted octanol–water partition coefficient (Wildman–Crippen LogP) is 6.76. The summed E-state index contributed by atoms with van der Waals surface area (Å²) in [7, 11) is 0. The van der Waals surface area contributed by atoms with Gasteiger partial charge < -0.3 is 4.98 Å². The molecule has 1 aromatic heterocycles. The molecule has 3 aromatic carbocycles. The Morgan fingerprint density at radius 3 is 2.52 bits per heavy atom. The van der Waals surface area contributed by atoms with Gasteiger partial charge in [0.1, 0.15) is 5.82 Å². The first-order chi connectivity index (χ1) is 13.3. The smallest absolute Gasteiger partial charge is 0.140 e. The van der Waals surface area contributed by atoms with Gasteiger partial charge in [-0.1, -0.05) is 70.5 Å². The number of aromatic nitrogens is 2. The fourth-order valence-corrected chi connectivity index (χ4v) is 3.30. The van der Waals surface area contributed by atoms with Crippen LogP contribution in [0.1, 0.15) is 12.0 Å². The average Bonchev–Trinajstić information content (AvgIpc) is 3.13. The highest BCUT2D eigenvalue weighted by Crippen LogP contribution is 2.29. The Kier molecular flexibility index (Phi) is 5.26. The number of benzene rings is 3. The van der Waals surface area contributed by atoms with Gasteiger partial charge in [0, 0.05) is 22.7 Å². The first-order valence-corrected chi connectivity index (χ1v) is 9.57. The number of halogens is 1. The van der Waals surface area contributed by atoms with Gasteiger partial charge in [-0.15, -0.1) is 0 Å². The van der Waals surface area contributed by atoms with Crippen LogP contribution in [0.3, 0.4) is 0 Å². The molecule has 0 aliphatic heterocycles. The first-order valence-electron chi connectivity index (χ1n) is 8.77. The van der Waals surface area contributed by atoms with Crippen LogP contribution in [0.2, 0.25) is 0 Å². The van der Waals surface area contributed by atoms with E-state index in [0.29, 0.717) is 0 Å². The largest absolute Gasteiger partial charge is 0.338 e. The molecule has 1 heterocycles. The molecule has 0 unspecified atom stereocenters. The maximum Gasteiger partial charge on any atom is 0.140 e. The summed E-state index contributed by atoms with van der Waals surface area (Å²) in [4.78, 5) is 12.7. The maximum atomic E-state index is 4.69. The number of rotatable bonds is 5.